The molecule has 134 valence electrons. The number of hydrogen-bond acceptors (Lipinski definition) is 4. The third-order valence-corrected chi connectivity index (χ3v) is 4.84. The quantitative estimate of drug-likeness (QED) is 0.760. The molecule has 1 aliphatic rings. The molecule has 0 aliphatic carbocycles. The SMILES string of the molecule is Cn1c(C(=O)O)cc2cccc(Oc3ccnc(CN4CCCC4)c3)c21. The highest BCUT2D eigenvalue weighted by Crippen LogP contribution is 2.32. The number of pyridine rings is 1. The molecule has 0 saturated carbocycles. The molecule has 3 heterocycles. The number of fused-ring (bicyclic) bond motifs is 1. The van der Waals surface area contributed by atoms with E-state index in [-0.39, 0.29) is 5.69 Å². The fraction of sp³-hybridized carbons (Fsp3) is 0.300. The molecule has 0 bridgehead atoms. The summed E-state index contributed by atoms with van der Waals surface area (Å²) in [6, 6.07) is 11.1. The van der Waals surface area contributed by atoms with Crippen LogP contribution in [-0.4, -0.2) is 38.6 Å². The van der Waals surface area contributed by atoms with E-state index in [1.807, 2.05) is 30.3 Å². The molecule has 1 aromatic carbocycles. The Morgan fingerprint density at radius 3 is 2.81 bits per heavy atom. The lowest BCUT2D eigenvalue weighted by Gasteiger charge is -2.15. The molecule has 1 saturated heterocycles. The van der Waals surface area contributed by atoms with E-state index in [0.29, 0.717) is 11.5 Å². The van der Waals surface area contributed by atoms with Crippen molar-refractivity contribution in [3.63, 3.8) is 0 Å². The highest BCUT2D eigenvalue weighted by Gasteiger charge is 2.16. The van der Waals surface area contributed by atoms with E-state index in [2.05, 4.69) is 9.88 Å². The number of ether oxygens (including phenoxy) is 1. The molecule has 0 unspecified atom stereocenters. The van der Waals surface area contributed by atoms with E-state index < -0.39 is 5.97 Å². The van der Waals surface area contributed by atoms with Gasteiger partial charge < -0.3 is 14.4 Å². The first-order valence-corrected chi connectivity index (χ1v) is 8.79. The molecule has 2 aromatic heterocycles. The number of rotatable bonds is 5. The number of carbonyl (C=O) groups is 1. The second kappa shape index (κ2) is 6.80. The molecule has 0 spiro atoms. The summed E-state index contributed by atoms with van der Waals surface area (Å²) in [7, 11) is 1.74. The van der Waals surface area contributed by atoms with Gasteiger partial charge in [-0.05, 0) is 44.1 Å². The Morgan fingerprint density at radius 2 is 2.04 bits per heavy atom. The second-order valence-corrected chi connectivity index (χ2v) is 6.66. The molecule has 26 heavy (non-hydrogen) atoms. The summed E-state index contributed by atoms with van der Waals surface area (Å²) in [4.78, 5) is 18.2. The van der Waals surface area contributed by atoms with Crippen molar-refractivity contribution in [2.24, 2.45) is 7.05 Å². The minimum Gasteiger partial charge on any atom is -0.477 e. The zero-order chi connectivity index (χ0) is 18.1. The first-order chi connectivity index (χ1) is 12.6. The summed E-state index contributed by atoms with van der Waals surface area (Å²) in [5.74, 6) is 0.391. The summed E-state index contributed by atoms with van der Waals surface area (Å²) in [6.07, 6.45) is 4.25. The lowest BCUT2D eigenvalue weighted by atomic mass is 10.2. The summed E-state index contributed by atoms with van der Waals surface area (Å²) < 4.78 is 7.75. The number of nitrogens with zero attached hydrogens (tertiary/aromatic N) is 3. The van der Waals surface area contributed by atoms with Gasteiger partial charge in [-0.15, -0.1) is 0 Å². The first-order valence-electron chi connectivity index (χ1n) is 8.79. The topological polar surface area (TPSA) is 67.6 Å². The second-order valence-electron chi connectivity index (χ2n) is 6.66. The Kier molecular flexibility index (Phi) is 4.34. The van der Waals surface area contributed by atoms with Gasteiger partial charge in [-0.25, -0.2) is 4.79 Å². The van der Waals surface area contributed by atoms with Gasteiger partial charge >= 0.3 is 5.97 Å². The summed E-state index contributed by atoms with van der Waals surface area (Å²) in [5.41, 5.74) is 1.98. The Labute approximate surface area is 151 Å². The van der Waals surface area contributed by atoms with Crippen molar-refractivity contribution in [3.05, 3.63) is 54.0 Å². The lowest BCUT2D eigenvalue weighted by Crippen LogP contribution is -2.18. The van der Waals surface area contributed by atoms with Crippen LogP contribution in [0.15, 0.2) is 42.6 Å². The molecular weight excluding hydrogens is 330 g/mol. The van der Waals surface area contributed by atoms with Gasteiger partial charge in [0, 0.05) is 31.2 Å². The van der Waals surface area contributed by atoms with Crippen LogP contribution in [0.1, 0.15) is 29.0 Å². The fourth-order valence-electron chi connectivity index (χ4n) is 3.57. The van der Waals surface area contributed by atoms with Crippen LogP contribution in [0.25, 0.3) is 10.9 Å². The Morgan fingerprint density at radius 1 is 1.23 bits per heavy atom. The van der Waals surface area contributed by atoms with Crippen LogP contribution in [0.2, 0.25) is 0 Å². The number of benzene rings is 1. The van der Waals surface area contributed by atoms with Crippen LogP contribution in [0.4, 0.5) is 0 Å². The van der Waals surface area contributed by atoms with Crippen LogP contribution in [-0.2, 0) is 13.6 Å². The first kappa shape index (κ1) is 16.6. The smallest absolute Gasteiger partial charge is 0.352 e. The van der Waals surface area contributed by atoms with Crippen molar-refractivity contribution in [2.75, 3.05) is 13.1 Å². The van der Waals surface area contributed by atoms with Crippen molar-refractivity contribution in [1.82, 2.24) is 14.5 Å². The van der Waals surface area contributed by atoms with E-state index in [1.54, 1.807) is 23.9 Å². The molecule has 0 atom stereocenters. The van der Waals surface area contributed by atoms with Crippen molar-refractivity contribution >= 4 is 16.9 Å². The van der Waals surface area contributed by atoms with Crippen molar-refractivity contribution in [1.29, 1.82) is 0 Å². The Balaban J connectivity index is 1.64. The fourth-order valence-corrected chi connectivity index (χ4v) is 3.57. The number of carboxylic acid groups (broad SMARTS) is 1. The summed E-state index contributed by atoms with van der Waals surface area (Å²) in [5, 5.41) is 10.2. The predicted molar refractivity (Wildman–Crippen MR) is 98.7 cm³/mol. The average Bonchev–Trinajstić information content (AvgIpc) is 3.24. The number of hydrogen-bond donors (Lipinski definition) is 1. The zero-order valence-electron chi connectivity index (χ0n) is 14.7. The van der Waals surface area contributed by atoms with Crippen LogP contribution < -0.4 is 4.74 Å². The molecule has 6 nitrogen and oxygen atoms in total. The predicted octanol–water partition coefficient (Wildman–Crippen LogP) is 3.66. The molecule has 3 aromatic rings. The number of carboxylic acids is 1. The third kappa shape index (κ3) is 3.15. The third-order valence-electron chi connectivity index (χ3n) is 4.84. The molecule has 1 aliphatic heterocycles. The van der Waals surface area contributed by atoms with E-state index in [1.165, 1.54) is 12.8 Å². The molecule has 1 fully saturated rings. The summed E-state index contributed by atoms with van der Waals surface area (Å²) >= 11 is 0. The Bertz CT molecular complexity index is 958. The molecular formula is C20H21N3O3. The van der Waals surface area contributed by atoms with Crippen molar-refractivity contribution in [2.45, 2.75) is 19.4 Å². The standard InChI is InChI=1S/C20H21N3O3/c1-22-17(20(24)25)11-14-5-4-6-18(19(14)22)26-16-7-8-21-15(12-16)13-23-9-2-3-10-23/h4-8,11-12H,2-3,9-10,13H2,1H3,(H,24,25). The van der Waals surface area contributed by atoms with Crippen molar-refractivity contribution in [3.8, 4) is 11.5 Å². The van der Waals surface area contributed by atoms with E-state index in [9.17, 15) is 9.90 Å². The number of likely N-dealkylation sites (tertiary alicyclic amines) is 1. The Hall–Kier alpha value is -2.86. The number of para-hydroxylation sites is 1. The van der Waals surface area contributed by atoms with E-state index in [4.69, 9.17) is 4.74 Å². The lowest BCUT2D eigenvalue weighted by molar-refractivity contribution is 0.0687. The largest absolute Gasteiger partial charge is 0.477 e. The minimum atomic E-state index is -0.952. The number of aryl methyl sites for hydroxylation is 1. The minimum absolute atomic E-state index is 0.237. The van der Waals surface area contributed by atoms with E-state index >= 15 is 0 Å². The highest BCUT2D eigenvalue weighted by atomic mass is 16.5. The van der Waals surface area contributed by atoms with Gasteiger partial charge in [0.2, 0.25) is 0 Å². The molecule has 0 amide bonds. The summed E-state index contributed by atoms with van der Waals surface area (Å²) in [6.45, 7) is 3.06. The normalized spacial score (nSPS) is 14.8. The van der Waals surface area contributed by atoms with Crippen LogP contribution >= 0.6 is 0 Å². The number of aromatic nitrogens is 2. The maximum absolute atomic E-state index is 11.4. The van der Waals surface area contributed by atoms with E-state index in [0.717, 1.165) is 36.2 Å². The molecule has 4 rings (SSSR count). The van der Waals surface area contributed by atoms with Crippen LogP contribution in [0.5, 0.6) is 11.5 Å². The van der Waals surface area contributed by atoms with Crippen molar-refractivity contribution < 1.29 is 14.6 Å². The van der Waals surface area contributed by atoms with Gasteiger partial charge in [-0.2, -0.15) is 0 Å². The van der Waals surface area contributed by atoms with Crippen LogP contribution in [0.3, 0.4) is 0 Å². The van der Waals surface area contributed by atoms with Gasteiger partial charge in [0.25, 0.3) is 0 Å². The van der Waals surface area contributed by atoms with Gasteiger partial charge in [0.05, 0.1) is 11.2 Å². The van der Waals surface area contributed by atoms with Gasteiger partial charge in [-0.1, -0.05) is 12.1 Å². The molecule has 6 heteroatoms. The zero-order valence-corrected chi connectivity index (χ0v) is 14.7. The van der Waals surface area contributed by atoms with Gasteiger partial charge in [0.15, 0.2) is 5.75 Å². The maximum Gasteiger partial charge on any atom is 0.352 e. The van der Waals surface area contributed by atoms with Gasteiger partial charge in [0.1, 0.15) is 11.4 Å². The molecule has 1 N–H and O–H groups in total. The van der Waals surface area contributed by atoms with Gasteiger partial charge in [-0.3, -0.25) is 9.88 Å². The number of aromatic carboxylic acids is 1. The average molecular weight is 351 g/mol. The molecule has 0 radical (unpaired) electrons. The monoisotopic (exact) mass is 351 g/mol. The highest BCUT2D eigenvalue weighted by molar-refractivity contribution is 5.96. The maximum atomic E-state index is 11.4. The van der Waals surface area contributed by atoms with Crippen LogP contribution in [0, 0.1) is 0 Å².